The molecule has 0 spiro atoms. The predicted octanol–water partition coefficient (Wildman–Crippen LogP) is 4.03. The van der Waals surface area contributed by atoms with Gasteiger partial charge in [-0.2, -0.15) is 0 Å². The van der Waals surface area contributed by atoms with E-state index in [-0.39, 0.29) is 5.56 Å². The zero-order valence-electron chi connectivity index (χ0n) is 14.7. The average Bonchev–Trinajstić information content (AvgIpc) is 3.00. The van der Waals surface area contributed by atoms with Crippen LogP contribution in [0, 0.1) is 5.92 Å². The molecule has 1 N–H and O–H groups in total. The van der Waals surface area contributed by atoms with Gasteiger partial charge in [0.2, 0.25) is 0 Å². The maximum Gasteiger partial charge on any atom is 0.338 e. The molecule has 0 unspecified atom stereocenters. The van der Waals surface area contributed by atoms with Gasteiger partial charge in [-0.1, -0.05) is 25.1 Å². The normalized spacial score (nSPS) is 17.7. The van der Waals surface area contributed by atoms with E-state index in [1.54, 1.807) is 42.5 Å². The highest BCUT2D eigenvalue weighted by Crippen LogP contribution is 2.36. The first kappa shape index (κ1) is 17.0. The van der Waals surface area contributed by atoms with Crippen LogP contribution in [0.2, 0.25) is 0 Å². The molecule has 0 aliphatic heterocycles. The second-order valence-corrected chi connectivity index (χ2v) is 7.98. The Morgan fingerprint density at radius 3 is 2.88 bits per heavy atom. The minimum atomic E-state index is -0.627. The van der Waals surface area contributed by atoms with Crippen LogP contribution in [-0.2, 0) is 17.6 Å². The predicted molar refractivity (Wildman–Crippen MR) is 102 cm³/mol. The van der Waals surface area contributed by atoms with Gasteiger partial charge in [0.05, 0.1) is 10.9 Å². The Balaban J connectivity index is 1.65. The highest BCUT2D eigenvalue weighted by atomic mass is 32.1. The maximum atomic E-state index is 12.6. The first-order valence-corrected chi connectivity index (χ1v) is 9.65. The van der Waals surface area contributed by atoms with Gasteiger partial charge >= 0.3 is 5.97 Å². The molecule has 0 amide bonds. The van der Waals surface area contributed by atoms with E-state index in [2.05, 4.69) is 16.9 Å². The molecule has 4 rings (SSSR count). The van der Waals surface area contributed by atoms with Crippen LogP contribution in [0.3, 0.4) is 0 Å². The van der Waals surface area contributed by atoms with Gasteiger partial charge in [0.15, 0.2) is 11.9 Å². The average molecular weight is 368 g/mol. The Hall–Kier alpha value is -2.47. The zero-order chi connectivity index (χ0) is 18.3. The Bertz CT molecular complexity index is 1020. The molecular formula is C20H20N2O3S. The minimum Gasteiger partial charge on any atom is -0.451 e. The van der Waals surface area contributed by atoms with E-state index < -0.39 is 12.1 Å². The lowest BCUT2D eigenvalue weighted by Gasteiger charge is -2.17. The molecule has 134 valence electrons. The number of aromatic amines is 1. The van der Waals surface area contributed by atoms with E-state index in [0.29, 0.717) is 22.7 Å². The van der Waals surface area contributed by atoms with Crippen LogP contribution in [0.1, 0.15) is 53.0 Å². The third-order valence-electron chi connectivity index (χ3n) is 4.86. The number of carbonyl (C=O) groups excluding carboxylic acids is 1. The lowest BCUT2D eigenvalue weighted by molar-refractivity contribution is 0.0320. The summed E-state index contributed by atoms with van der Waals surface area (Å²) in [6.07, 6.45) is 2.41. The number of hydrogen-bond donors (Lipinski definition) is 1. The topological polar surface area (TPSA) is 72.0 Å². The monoisotopic (exact) mass is 368 g/mol. The van der Waals surface area contributed by atoms with Gasteiger partial charge in [-0.15, -0.1) is 11.3 Å². The molecule has 2 heterocycles. The molecule has 26 heavy (non-hydrogen) atoms. The number of thiophene rings is 1. The summed E-state index contributed by atoms with van der Waals surface area (Å²) in [6.45, 7) is 3.96. The number of aryl methyl sites for hydroxylation is 1. The Labute approximate surface area is 155 Å². The molecule has 1 aliphatic rings. The largest absolute Gasteiger partial charge is 0.451 e. The second kappa shape index (κ2) is 6.68. The number of carbonyl (C=O) groups is 1. The summed E-state index contributed by atoms with van der Waals surface area (Å²) in [5, 5.41) is 0.710. The number of esters is 1. The molecule has 1 aliphatic carbocycles. The van der Waals surface area contributed by atoms with Crippen molar-refractivity contribution in [1.82, 2.24) is 9.97 Å². The van der Waals surface area contributed by atoms with Gasteiger partial charge in [-0.25, -0.2) is 9.78 Å². The molecule has 0 fully saturated rings. The highest BCUT2D eigenvalue weighted by Gasteiger charge is 2.24. The summed E-state index contributed by atoms with van der Waals surface area (Å²) in [7, 11) is 0. The van der Waals surface area contributed by atoms with Crippen molar-refractivity contribution in [1.29, 1.82) is 0 Å². The maximum absolute atomic E-state index is 12.6. The second-order valence-electron chi connectivity index (χ2n) is 6.90. The van der Waals surface area contributed by atoms with Crippen LogP contribution >= 0.6 is 11.3 Å². The van der Waals surface area contributed by atoms with Crippen LogP contribution in [0.25, 0.3) is 10.2 Å². The number of benzene rings is 1. The van der Waals surface area contributed by atoms with Crippen LogP contribution < -0.4 is 5.56 Å². The number of nitrogens with one attached hydrogen (secondary N) is 1. The molecule has 0 saturated heterocycles. The Morgan fingerprint density at radius 1 is 1.35 bits per heavy atom. The zero-order valence-corrected chi connectivity index (χ0v) is 15.6. The number of H-pyrrole nitrogens is 1. The number of fused-ring (bicyclic) bond motifs is 3. The van der Waals surface area contributed by atoms with Gasteiger partial charge in [-0.3, -0.25) is 4.79 Å². The highest BCUT2D eigenvalue weighted by molar-refractivity contribution is 7.18. The molecule has 0 saturated carbocycles. The molecule has 3 aromatic rings. The Morgan fingerprint density at radius 2 is 2.12 bits per heavy atom. The smallest absolute Gasteiger partial charge is 0.338 e. The molecule has 2 atom stereocenters. The molecule has 0 bridgehead atoms. The van der Waals surface area contributed by atoms with Crippen molar-refractivity contribution in [3.63, 3.8) is 0 Å². The van der Waals surface area contributed by atoms with Crippen molar-refractivity contribution in [2.45, 2.75) is 39.2 Å². The summed E-state index contributed by atoms with van der Waals surface area (Å²) in [5.74, 6) is 0.596. The van der Waals surface area contributed by atoms with Gasteiger partial charge in [-0.05, 0) is 49.8 Å². The number of ether oxygens (including phenoxy) is 1. The van der Waals surface area contributed by atoms with E-state index in [1.807, 2.05) is 6.07 Å². The first-order chi connectivity index (χ1) is 12.5. The fourth-order valence-corrected chi connectivity index (χ4v) is 4.81. The van der Waals surface area contributed by atoms with Crippen LogP contribution in [-0.4, -0.2) is 15.9 Å². The van der Waals surface area contributed by atoms with Gasteiger partial charge in [0.1, 0.15) is 4.83 Å². The fraction of sp³-hybridized carbons (Fsp3) is 0.350. The van der Waals surface area contributed by atoms with Crippen LogP contribution in [0.5, 0.6) is 0 Å². The number of hydrogen-bond acceptors (Lipinski definition) is 5. The van der Waals surface area contributed by atoms with E-state index in [4.69, 9.17) is 4.74 Å². The molecular weight excluding hydrogens is 348 g/mol. The van der Waals surface area contributed by atoms with Crippen molar-refractivity contribution in [2.75, 3.05) is 0 Å². The quantitative estimate of drug-likeness (QED) is 0.709. The Kier molecular flexibility index (Phi) is 4.36. The number of aromatic nitrogens is 2. The van der Waals surface area contributed by atoms with Gasteiger partial charge in [0.25, 0.3) is 5.56 Å². The molecule has 2 aromatic heterocycles. The summed E-state index contributed by atoms with van der Waals surface area (Å²) in [5.41, 5.74) is 1.49. The van der Waals surface area contributed by atoms with Gasteiger partial charge in [0, 0.05) is 4.88 Å². The summed E-state index contributed by atoms with van der Waals surface area (Å²) < 4.78 is 5.48. The van der Waals surface area contributed by atoms with Crippen molar-refractivity contribution >= 4 is 27.5 Å². The SMILES string of the molecule is C[C@@H]1CCc2c(sc3nc([C@@H](C)OC(=O)c4ccccc4)[nH]c(=O)c23)C1. The van der Waals surface area contributed by atoms with Crippen LogP contribution in [0.15, 0.2) is 35.1 Å². The molecule has 5 nitrogen and oxygen atoms in total. The van der Waals surface area contributed by atoms with Crippen molar-refractivity contribution < 1.29 is 9.53 Å². The lowest BCUT2D eigenvalue weighted by Crippen LogP contribution is -2.18. The fourth-order valence-electron chi connectivity index (χ4n) is 3.42. The van der Waals surface area contributed by atoms with Gasteiger partial charge < -0.3 is 9.72 Å². The number of rotatable bonds is 3. The molecule has 6 heteroatoms. The first-order valence-electron chi connectivity index (χ1n) is 8.83. The molecule has 0 radical (unpaired) electrons. The number of nitrogens with zero attached hydrogens (tertiary/aromatic N) is 1. The van der Waals surface area contributed by atoms with E-state index in [1.165, 1.54) is 4.88 Å². The van der Waals surface area contributed by atoms with Crippen LogP contribution in [0.4, 0.5) is 0 Å². The van der Waals surface area contributed by atoms with E-state index >= 15 is 0 Å². The third kappa shape index (κ3) is 3.05. The third-order valence-corrected chi connectivity index (χ3v) is 6.01. The summed E-state index contributed by atoms with van der Waals surface area (Å²) in [6, 6.07) is 8.80. The molecule has 1 aromatic carbocycles. The minimum absolute atomic E-state index is 0.139. The van der Waals surface area contributed by atoms with Crippen molar-refractivity contribution in [3.8, 4) is 0 Å². The van der Waals surface area contributed by atoms with E-state index in [0.717, 1.165) is 29.7 Å². The summed E-state index contributed by atoms with van der Waals surface area (Å²) >= 11 is 1.59. The van der Waals surface area contributed by atoms with E-state index in [9.17, 15) is 9.59 Å². The van der Waals surface area contributed by atoms with Crippen molar-refractivity contribution in [2.24, 2.45) is 5.92 Å². The summed E-state index contributed by atoms with van der Waals surface area (Å²) in [4.78, 5) is 34.3. The van der Waals surface area contributed by atoms with Crippen molar-refractivity contribution in [3.05, 3.63) is 62.5 Å². The lowest BCUT2D eigenvalue weighted by atomic mass is 9.89. The standard InChI is InChI=1S/C20H20N2O3S/c1-11-8-9-14-15(10-11)26-19-16(14)18(23)21-17(22-19)12(2)25-20(24)13-6-4-3-5-7-13/h3-7,11-12H,8-10H2,1-2H3,(H,21,22,23)/t11-,12-/m1/s1.